The van der Waals surface area contributed by atoms with Crippen molar-refractivity contribution in [1.82, 2.24) is 19.9 Å². The third kappa shape index (κ3) is 4.97. The lowest BCUT2D eigenvalue weighted by molar-refractivity contribution is -0.274. The van der Waals surface area contributed by atoms with Crippen molar-refractivity contribution in [2.75, 3.05) is 18.4 Å². The number of amides is 1. The van der Waals surface area contributed by atoms with Crippen molar-refractivity contribution in [3.63, 3.8) is 0 Å². The topological polar surface area (TPSA) is 81.1 Å². The van der Waals surface area contributed by atoms with Crippen molar-refractivity contribution < 1.29 is 22.7 Å². The molecule has 11 heteroatoms. The molecule has 170 valence electrons. The largest absolute Gasteiger partial charge is 0.573 e. The minimum Gasteiger partial charge on any atom is -0.406 e. The first-order chi connectivity index (χ1) is 15.2. The zero-order chi connectivity index (χ0) is 22.9. The molecule has 32 heavy (non-hydrogen) atoms. The molecule has 4 rings (SSSR count). The number of halogens is 4. The van der Waals surface area contributed by atoms with Gasteiger partial charge >= 0.3 is 6.36 Å². The van der Waals surface area contributed by atoms with Crippen LogP contribution in [0, 0.1) is 6.92 Å². The second-order valence-corrected chi connectivity index (χ2v) is 8.03. The molecule has 7 nitrogen and oxygen atoms in total. The number of nitrogens with zero attached hydrogens (tertiary/aromatic N) is 3. The van der Waals surface area contributed by atoms with Crippen LogP contribution in [0.4, 0.5) is 19.1 Å². The summed E-state index contributed by atoms with van der Waals surface area (Å²) in [4.78, 5) is 21.4. The lowest BCUT2D eigenvalue weighted by Gasteiger charge is -2.21. The number of anilines is 1. The Morgan fingerprint density at radius 1 is 1.31 bits per heavy atom. The summed E-state index contributed by atoms with van der Waals surface area (Å²) in [5.74, 6) is -0.669. The number of alkyl halides is 3. The van der Waals surface area contributed by atoms with E-state index in [0.29, 0.717) is 23.3 Å². The van der Waals surface area contributed by atoms with E-state index < -0.39 is 18.0 Å². The monoisotopic (exact) mass is 467 g/mol. The molecular weight excluding hydrogens is 447 g/mol. The molecule has 0 aliphatic carbocycles. The molecule has 2 N–H and O–H groups in total. The van der Waals surface area contributed by atoms with Crippen molar-refractivity contribution in [3.05, 3.63) is 46.7 Å². The molecule has 0 spiro atoms. The molecule has 3 heterocycles. The Bertz CT molecular complexity index is 1140. The van der Waals surface area contributed by atoms with Crippen molar-refractivity contribution in [2.24, 2.45) is 0 Å². The molecule has 2 aromatic heterocycles. The van der Waals surface area contributed by atoms with Crippen LogP contribution in [0.1, 0.15) is 41.4 Å². The van der Waals surface area contributed by atoms with Crippen LogP contribution in [0.5, 0.6) is 5.75 Å². The molecular formula is C21H21ClF3N5O2. The van der Waals surface area contributed by atoms with E-state index in [-0.39, 0.29) is 22.5 Å². The SMILES string of the molecule is Cc1cc(C(=O)Nc2nc3cc(OC(F)(F)F)cc(Cl)c3n2C2CCCCNC2)ccn1. The van der Waals surface area contributed by atoms with Crippen molar-refractivity contribution in [1.29, 1.82) is 0 Å². The average molecular weight is 468 g/mol. The van der Waals surface area contributed by atoms with Gasteiger partial charge in [0.25, 0.3) is 5.91 Å². The maximum Gasteiger partial charge on any atom is 0.573 e. The second kappa shape index (κ2) is 8.95. The summed E-state index contributed by atoms with van der Waals surface area (Å²) in [6.45, 7) is 3.24. The maximum absolute atomic E-state index is 12.9. The van der Waals surface area contributed by atoms with Gasteiger partial charge < -0.3 is 14.6 Å². The predicted octanol–water partition coefficient (Wildman–Crippen LogP) is 4.86. The fourth-order valence-electron chi connectivity index (χ4n) is 3.88. The molecule has 1 amide bonds. The van der Waals surface area contributed by atoms with Gasteiger partial charge in [0.1, 0.15) is 5.75 Å². The normalized spacial score (nSPS) is 17.2. The van der Waals surface area contributed by atoms with E-state index in [1.807, 2.05) is 0 Å². The first kappa shape index (κ1) is 22.3. The highest BCUT2D eigenvalue weighted by atomic mass is 35.5. The molecule has 1 atom stereocenters. The van der Waals surface area contributed by atoms with E-state index in [1.165, 1.54) is 12.3 Å². The zero-order valence-electron chi connectivity index (χ0n) is 17.2. The first-order valence-corrected chi connectivity index (χ1v) is 10.5. The van der Waals surface area contributed by atoms with Crippen LogP contribution in [-0.4, -0.2) is 39.9 Å². The Labute approximate surface area is 186 Å². The lowest BCUT2D eigenvalue weighted by Crippen LogP contribution is -2.25. The Kier molecular flexibility index (Phi) is 6.25. The standard InChI is InChI=1S/C21H21ClF3N5O2/c1-12-8-13(5-7-27-12)19(31)29-20-28-17-10-15(32-21(23,24)25)9-16(22)18(17)30(20)14-4-2-3-6-26-11-14/h5,7-10,14,26H,2-4,6,11H2,1H3,(H,28,29,31). The molecule has 1 aromatic carbocycles. The van der Waals surface area contributed by atoms with Gasteiger partial charge in [0.2, 0.25) is 5.95 Å². The Hall–Kier alpha value is -2.85. The van der Waals surface area contributed by atoms with Crippen LogP contribution in [-0.2, 0) is 0 Å². The number of imidazole rings is 1. The van der Waals surface area contributed by atoms with Crippen LogP contribution in [0.2, 0.25) is 5.02 Å². The van der Waals surface area contributed by atoms with Crippen LogP contribution in [0.25, 0.3) is 11.0 Å². The predicted molar refractivity (Wildman–Crippen MR) is 114 cm³/mol. The Morgan fingerprint density at radius 3 is 2.88 bits per heavy atom. The van der Waals surface area contributed by atoms with E-state index in [9.17, 15) is 18.0 Å². The summed E-state index contributed by atoms with van der Waals surface area (Å²) < 4.78 is 44.0. The fourth-order valence-corrected chi connectivity index (χ4v) is 4.17. The van der Waals surface area contributed by atoms with Crippen LogP contribution < -0.4 is 15.4 Å². The molecule has 1 unspecified atom stereocenters. The van der Waals surface area contributed by atoms with Crippen molar-refractivity contribution in [3.8, 4) is 5.75 Å². The summed E-state index contributed by atoms with van der Waals surface area (Å²) in [6, 6.07) is 5.39. The van der Waals surface area contributed by atoms with Gasteiger partial charge in [-0.2, -0.15) is 0 Å². The highest BCUT2D eigenvalue weighted by molar-refractivity contribution is 6.35. The number of rotatable bonds is 4. The van der Waals surface area contributed by atoms with Crippen LogP contribution >= 0.6 is 11.6 Å². The average Bonchev–Trinajstić information content (AvgIpc) is 2.87. The Balaban J connectivity index is 1.79. The van der Waals surface area contributed by atoms with Gasteiger partial charge in [-0.1, -0.05) is 18.0 Å². The molecule has 3 aromatic rings. The van der Waals surface area contributed by atoms with E-state index >= 15 is 0 Å². The quantitative estimate of drug-likeness (QED) is 0.573. The van der Waals surface area contributed by atoms with E-state index in [2.05, 4.69) is 25.3 Å². The van der Waals surface area contributed by atoms with E-state index in [0.717, 1.165) is 31.9 Å². The van der Waals surface area contributed by atoms with Gasteiger partial charge in [-0.3, -0.25) is 15.1 Å². The third-order valence-electron chi connectivity index (χ3n) is 5.22. The lowest BCUT2D eigenvalue weighted by atomic mass is 10.1. The number of aromatic nitrogens is 3. The van der Waals surface area contributed by atoms with Gasteiger partial charge in [-0.15, -0.1) is 13.2 Å². The minimum atomic E-state index is -4.86. The van der Waals surface area contributed by atoms with Crippen molar-refractivity contribution >= 4 is 34.5 Å². The molecule has 1 aliphatic rings. The van der Waals surface area contributed by atoms with Crippen molar-refractivity contribution in [2.45, 2.75) is 38.6 Å². The summed E-state index contributed by atoms with van der Waals surface area (Å²) in [5.41, 5.74) is 1.71. The van der Waals surface area contributed by atoms with Gasteiger partial charge in [-0.05, 0) is 38.4 Å². The smallest absolute Gasteiger partial charge is 0.406 e. The van der Waals surface area contributed by atoms with Gasteiger partial charge in [0.15, 0.2) is 0 Å². The number of carbonyl (C=O) groups is 1. The number of benzene rings is 1. The van der Waals surface area contributed by atoms with E-state index in [4.69, 9.17) is 11.6 Å². The van der Waals surface area contributed by atoms with Crippen LogP contribution in [0.3, 0.4) is 0 Å². The minimum absolute atomic E-state index is 0.0544. The van der Waals surface area contributed by atoms with Gasteiger partial charge in [-0.25, -0.2) is 4.98 Å². The molecule has 0 saturated carbocycles. The maximum atomic E-state index is 12.9. The molecule has 1 aliphatic heterocycles. The molecule has 0 radical (unpaired) electrons. The summed E-state index contributed by atoms with van der Waals surface area (Å²) >= 11 is 6.39. The Morgan fingerprint density at radius 2 is 2.12 bits per heavy atom. The molecule has 1 fully saturated rings. The number of nitrogens with one attached hydrogen (secondary N) is 2. The number of ether oxygens (including phenoxy) is 1. The number of hydrogen-bond acceptors (Lipinski definition) is 5. The highest BCUT2D eigenvalue weighted by Crippen LogP contribution is 2.37. The highest BCUT2D eigenvalue weighted by Gasteiger charge is 2.32. The third-order valence-corrected chi connectivity index (χ3v) is 5.50. The fraction of sp³-hybridized carbons (Fsp3) is 0.381. The number of pyridine rings is 1. The van der Waals surface area contributed by atoms with E-state index in [1.54, 1.807) is 23.6 Å². The summed E-state index contributed by atoms with van der Waals surface area (Å²) in [7, 11) is 0. The zero-order valence-corrected chi connectivity index (χ0v) is 17.9. The number of fused-ring (bicyclic) bond motifs is 1. The summed E-state index contributed by atoms with van der Waals surface area (Å²) in [6.07, 6.45) is -0.590. The van der Waals surface area contributed by atoms with Crippen LogP contribution in [0.15, 0.2) is 30.5 Å². The number of aryl methyl sites for hydroxylation is 1. The first-order valence-electron chi connectivity index (χ1n) is 10.1. The van der Waals surface area contributed by atoms with Gasteiger partial charge in [0, 0.05) is 42.2 Å². The van der Waals surface area contributed by atoms with Gasteiger partial charge in [0.05, 0.1) is 16.1 Å². The molecule has 1 saturated heterocycles. The number of carbonyl (C=O) groups excluding carboxylic acids is 1. The number of hydrogen-bond donors (Lipinski definition) is 2. The summed E-state index contributed by atoms with van der Waals surface area (Å²) in [5, 5.41) is 6.19. The molecule has 0 bridgehead atoms. The second-order valence-electron chi connectivity index (χ2n) is 7.62.